The van der Waals surface area contributed by atoms with Crippen LogP contribution in [0.3, 0.4) is 0 Å². The quantitative estimate of drug-likeness (QED) is 0.586. The predicted octanol–water partition coefficient (Wildman–Crippen LogP) is 3.65. The van der Waals surface area contributed by atoms with Gasteiger partial charge in [-0.05, 0) is 43.9 Å². The number of nitrogens with zero attached hydrogens (tertiary/aromatic N) is 2. The van der Waals surface area contributed by atoms with E-state index in [1.807, 2.05) is 19.1 Å². The van der Waals surface area contributed by atoms with E-state index in [0.717, 1.165) is 31.1 Å². The summed E-state index contributed by atoms with van der Waals surface area (Å²) >= 11 is 0. The third-order valence-corrected chi connectivity index (χ3v) is 4.22. The first-order chi connectivity index (χ1) is 10.1. The van der Waals surface area contributed by atoms with E-state index < -0.39 is 0 Å². The molecule has 0 amide bonds. The number of benzene rings is 1. The van der Waals surface area contributed by atoms with Crippen molar-refractivity contribution in [3.63, 3.8) is 0 Å². The van der Waals surface area contributed by atoms with Crippen molar-refractivity contribution in [2.24, 2.45) is 5.92 Å². The Hall–Kier alpha value is -1.62. The van der Waals surface area contributed by atoms with Gasteiger partial charge < -0.3 is 5.32 Å². The largest absolute Gasteiger partial charge is 0.380 e. The highest BCUT2D eigenvalue weighted by Gasteiger charge is 2.20. The Labute approximate surface area is 126 Å². The van der Waals surface area contributed by atoms with Gasteiger partial charge in [0.25, 0.3) is 5.69 Å². The molecule has 5 heteroatoms. The van der Waals surface area contributed by atoms with Gasteiger partial charge in [-0.2, -0.15) is 0 Å². The van der Waals surface area contributed by atoms with Gasteiger partial charge in [-0.1, -0.05) is 19.4 Å². The minimum Gasteiger partial charge on any atom is -0.380 e. The molecule has 1 aromatic rings. The molecule has 0 heterocycles. The first-order valence-corrected chi connectivity index (χ1v) is 7.87. The fraction of sp³-hybridized carbons (Fsp3) is 0.625. The second-order valence-electron chi connectivity index (χ2n) is 5.76. The number of anilines is 1. The summed E-state index contributed by atoms with van der Waals surface area (Å²) in [5, 5.41) is 14.1. The van der Waals surface area contributed by atoms with Crippen LogP contribution in [0.15, 0.2) is 18.2 Å². The molecule has 0 unspecified atom stereocenters. The summed E-state index contributed by atoms with van der Waals surface area (Å²) in [6.45, 7) is 7.84. The van der Waals surface area contributed by atoms with Crippen molar-refractivity contribution >= 4 is 11.4 Å². The molecule has 1 aliphatic carbocycles. The highest BCUT2D eigenvalue weighted by Crippen LogP contribution is 2.29. The highest BCUT2D eigenvalue weighted by molar-refractivity contribution is 5.62. The van der Waals surface area contributed by atoms with Crippen LogP contribution in [0.4, 0.5) is 11.4 Å². The fourth-order valence-electron chi connectivity index (χ4n) is 2.78. The maximum atomic E-state index is 11.0. The first-order valence-electron chi connectivity index (χ1n) is 7.87. The van der Waals surface area contributed by atoms with Gasteiger partial charge in [-0.3, -0.25) is 15.0 Å². The van der Waals surface area contributed by atoms with Crippen molar-refractivity contribution in [2.45, 2.75) is 39.7 Å². The Morgan fingerprint density at radius 2 is 2.14 bits per heavy atom. The van der Waals surface area contributed by atoms with Crippen molar-refractivity contribution in [1.29, 1.82) is 0 Å². The molecular weight excluding hydrogens is 266 g/mol. The number of nitro benzene ring substituents is 1. The van der Waals surface area contributed by atoms with Crippen molar-refractivity contribution < 1.29 is 4.92 Å². The lowest BCUT2D eigenvalue weighted by Gasteiger charge is -2.31. The Morgan fingerprint density at radius 1 is 1.38 bits per heavy atom. The van der Waals surface area contributed by atoms with Gasteiger partial charge in [-0.15, -0.1) is 0 Å². The van der Waals surface area contributed by atoms with Gasteiger partial charge in [0.05, 0.1) is 4.92 Å². The molecular formula is C16H25N3O2. The maximum absolute atomic E-state index is 11.0. The van der Waals surface area contributed by atoms with Gasteiger partial charge in [0.2, 0.25) is 0 Å². The molecule has 0 atom stereocenters. The molecule has 0 saturated heterocycles. The SMILES string of the molecule is CCNc1cc(CN(CC)CC2CCC2)ccc1[N+](=O)[O-]. The van der Waals surface area contributed by atoms with E-state index in [-0.39, 0.29) is 10.6 Å². The number of nitro groups is 1. The molecule has 1 aliphatic rings. The van der Waals surface area contributed by atoms with Crippen molar-refractivity contribution in [2.75, 3.05) is 25.0 Å². The maximum Gasteiger partial charge on any atom is 0.292 e. The van der Waals surface area contributed by atoms with Crippen LogP contribution in [0, 0.1) is 16.0 Å². The van der Waals surface area contributed by atoms with Crippen LogP contribution in [0.2, 0.25) is 0 Å². The minimum atomic E-state index is -0.326. The summed E-state index contributed by atoms with van der Waals surface area (Å²) in [6, 6.07) is 5.41. The number of hydrogen-bond donors (Lipinski definition) is 1. The lowest BCUT2D eigenvalue weighted by molar-refractivity contribution is -0.384. The van der Waals surface area contributed by atoms with Gasteiger partial charge in [0.15, 0.2) is 0 Å². The van der Waals surface area contributed by atoms with Crippen LogP contribution in [0.5, 0.6) is 0 Å². The standard InChI is InChI=1S/C16H25N3O2/c1-3-17-15-10-14(8-9-16(15)19(20)21)12-18(4-2)11-13-6-5-7-13/h8-10,13,17H,3-7,11-12H2,1-2H3. The average Bonchev–Trinajstić information content (AvgIpc) is 2.41. The van der Waals surface area contributed by atoms with Crippen molar-refractivity contribution in [1.82, 2.24) is 4.90 Å². The van der Waals surface area contributed by atoms with Crippen molar-refractivity contribution in [3.05, 3.63) is 33.9 Å². The average molecular weight is 291 g/mol. The lowest BCUT2D eigenvalue weighted by atomic mass is 9.85. The predicted molar refractivity (Wildman–Crippen MR) is 85.6 cm³/mol. The molecule has 1 aromatic carbocycles. The van der Waals surface area contributed by atoms with E-state index >= 15 is 0 Å². The lowest BCUT2D eigenvalue weighted by Crippen LogP contribution is -2.32. The van der Waals surface area contributed by atoms with Crippen LogP contribution in [-0.4, -0.2) is 29.5 Å². The van der Waals surface area contributed by atoms with E-state index in [1.165, 1.54) is 19.3 Å². The zero-order valence-corrected chi connectivity index (χ0v) is 13.0. The third-order valence-electron chi connectivity index (χ3n) is 4.22. The van der Waals surface area contributed by atoms with E-state index in [1.54, 1.807) is 6.07 Å². The molecule has 0 aromatic heterocycles. The molecule has 1 N–H and O–H groups in total. The van der Waals surface area contributed by atoms with E-state index in [2.05, 4.69) is 17.1 Å². The molecule has 1 fully saturated rings. The van der Waals surface area contributed by atoms with Crippen molar-refractivity contribution in [3.8, 4) is 0 Å². The summed E-state index contributed by atoms with van der Waals surface area (Å²) in [5.74, 6) is 0.844. The van der Waals surface area contributed by atoms with Crippen LogP contribution >= 0.6 is 0 Å². The molecule has 116 valence electrons. The molecule has 1 saturated carbocycles. The molecule has 0 aliphatic heterocycles. The second kappa shape index (κ2) is 7.41. The number of rotatable bonds is 8. The molecule has 5 nitrogen and oxygen atoms in total. The Morgan fingerprint density at radius 3 is 2.67 bits per heavy atom. The molecule has 0 spiro atoms. The van der Waals surface area contributed by atoms with Gasteiger partial charge in [0.1, 0.15) is 5.69 Å². The van der Waals surface area contributed by atoms with Gasteiger partial charge in [0, 0.05) is 25.7 Å². The summed E-state index contributed by atoms with van der Waals surface area (Å²) in [5.41, 5.74) is 1.92. The summed E-state index contributed by atoms with van der Waals surface area (Å²) < 4.78 is 0. The first kappa shape index (κ1) is 15.8. The summed E-state index contributed by atoms with van der Waals surface area (Å²) in [6.07, 6.45) is 4.06. The Kier molecular flexibility index (Phi) is 5.56. The molecule has 0 radical (unpaired) electrons. The third kappa shape index (κ3) is 4.17. The van der Waals surface area contributed by atoms with Crippen LogP contribution < -0.4 is 5.32 Å². The number of nitrogens with one attached hydrogen (secondary N) is 1. The summed E-state index contributed by atoms with van der Waals surface area (Å²) in [7, 11) is 0. The van der Waals surface area contributed by atoms with E-state index in [0.29, 0.717) is 12.2 Å². The smallest absolute Gasteiger partial charge is 0.292 e. The van der Waals surface area contributed by atoms with Crippen LogP contribution in [0.25, 0.3) is 0 Å². The minimum absolute atomic E-state index is 0.155. The molecule has 21 heavy (non-hydrogen) atoms. The topological polar surface area (TPSA) is 58.4 Å². The normalized spacial score (nSPS) is 15.0. The number of hydrogen-bond acceptors (Lipinski definition) is 4. The van der Waals surface area contributed by atoms with Gasteiger partial charge >= 0.3 is 0 Å². The van der Waals surface area contributed by atoms with E-state index in [4.69, 9.17) is 0 Å². The van der Waals surface area contributed by atoms with Crippen LogP contribution in [-0.2, 0) is 6.54 Å². The van der Waals surface area contributed by atoms with Crippen LogP contribution in [0.1, 0.15) is 38.7 Å². The zero-order valence-electron chi connectivity index (χ0n) is 13.0. The second-order valence-corrected chi connectivity index (χ2v) is 5.76. The Bertz CT molecular complexity index is 486. The monoisotopic (exact) mass is 291 g/mol. The molecule has 0 bridgehead atoms. The molecule has 2 rings (SSSR count). The van der Waals surface area contributed by atoms with Gasteiger partial charge in [-0.25, -0.2) is 0 Å². The zero-order chi connectivity index (χ0) is 15.2. The van der Waals surface area contributed by atoms with E-state index in [9.17, 15) is 10.1 Å². The highest BCUT2D eigenvalue weighted by atomic mass is 16.6. The Balaban J connectivity index is 2.07. The summed E-state index contributed by atoms with van der Waals surface area (Å²) in [4.78, 5) is 13.1. The fourth-order valence-corrected chi connectivity index (χ4v) is 2.78.